The van der Waals surface area contributed by atoms with Gasteiger partial charge in [-0.15, -0.1) is 0 Å². The molecule has 3 unspecified atom stereocenters. The van der Waals surface area contributed by atoms with Crippen LogP contribution in [0.25, 0.3) is 0 Å². The van der Waals surface area contributed by atoms with Crippen molar-refractivity contribution < 1.29 is 0 Å². The highest BCUT2D eigenvalue weighted by Gasteiger charge is 2.27. The lowest BCUT2D eigenvalue weighted by Crippen LogP contribution is -2.46. The quantitative estimate of drug-likeness (QED) is 0.886. The second kappa shape index (κ2) is 7.42. The highest BCUT2D eigenvalue weighted by atomic mass is 15.2. The van der Waals surface area contributed by atoms with E-state index in [4.69, 9.17) is 0 Å². The van der Waals surface area contributed by atoms with Gasteiger partial charge in [-0.25, -0.2) is 0 Å². The van der Waals surface area contributed by atoms with Gasteiger partial charge in [0.2, 0.25) is 0 Å². The Morgan fingerprint density at radius 1 is 1.05 bits per heavy atom. The SMILES string of the molecule is CC(CN1CCCC1)NC1CCCCC1c1ccccc1. The summed E-state index contributed by atoms with van der Waals surface area (Å²) >= 11 is 0. The third-order valence-electron chi connectivity index (χ3n) is 5.22. The fourth-order valence-electron chi connectivity index (χ4n) is 4.20. The van der Waals surface area contributed by atoms with Gasteiger partial charge in [-0.05, 0) is 57.2 Å². The van der Waals surface area contributed by atoms with Gasteiger partial charge >= 0.3 is 0 Å². The Kier molecular flexibility index (Phi) is 5.32. The van der Waals surface area contributed by atoms with Crippen LogP contribution < -0.4 is 5.32 Å². The van der Waals surface area contributed by atoms with E-state index in [1.165, 1.54) is 63.7 Å². The van der Waals surface area contributed by atoms with Gasteiger partial charge in [0.1, 0.15) is 0 Å². The zero-order chi connectivity index (χ0) is 14.5. The molecular formula is C19H30N2. The number of nitrogens with one attached hydrogen (secondary N) is 1. The fraction of sp³-hybridized carbons (Fsp3) is 0.684. The monoisotopic (exact) mass is 286 g/mol. The number of likely N-dealkylation sites (tertiary alicyclic amines) is 1. The highest BCUT2D eigenvalue weighted by molar-refractivity contribution is 5.22. The molecule has 1 aromatic rings. The standard InChI is InChI=1S/C19H30N2/c1-16(15-21-13-7-8-14-21)20-19-12-6-5-11-18(19)17-9-3-2-4-10-17/h2-4,9-10,16,18-20H,5-8,11-15H2,1H3. The summed E-state index contributed by atoms with van der Waals surface area (Å²) in [5.41, 5.74) is 1.53. The summed E-state index contributed by atoms with van der Waals surface area (Å²) in [6.45, 7) is 6.20. The molecule has 0 amide bonds. The van der Waals surface area contributed by atoms with Crippen LogP contribution >= 0.6 is 0 Å². The molecular weight excluding hydrogens is 256 g/mol. The van der Waals surface area contributed by atoms with Crippen molar-refractivity contribution in [2.24, 2.45) is 0 Å². The molecule has 2 heteroatoms. The van der Waals surface area contributed by atoms with Gasteiger partial charge in [0, 0.05) is 18.6 Å². The molecule has 1 aromatic carbocycles. The van der Waals surface area contributed by atoms with E-state index >= 15 is 0 Å². The van der Waals surface area contributed by atoms with Crippen molar-refractivity contribution in [3.63, 3.8) is 0 Å². The summed E-state index contributed by atoms with van der Waals surface area (Å²) in [6, 6.07) is 12.4. The van der Waals surface area contributed by atoms with E-state index in [0.717, 1.165) is 0 Å². The molecule has 0 bridgehead atoms. The lowest BCUT2D eigenvalue weighted by molar-refractivity contribution is 0.252. The molecule has 3 rings (SSSR count). The normalized spacial score (nSPS) is 28.6. The number of hydrogen-bond acceptors (Lipinski definition) is 2. The van der Waals surface area contributed by atoms with Gasteiger partial charge in [-0.1, -0.05) is 43.2 Å². The maximum atomic E-state index is 3.95. The minimum atomic E-state index is 0.609. The predicted octanol–water partition coefficient (Wildman–Crippen LogP) is 3.79. The topological polar surface area (TPSA) is 15.3 Å². The fourth-order valence-corrected chi connectivity index (χ4v) is 4.20. The zero-order valence-electron chi connectivity index (χ0n) is 13.4. The average Bonchev–Trinajstić information content (AvgIpc) is 3.01. The van der Waals surface area contributed by atoms with Crippen LogP contribution in [0.5, 0.6) is 0 Å². The molecule has 116 valence electrons. The molecule has 21 heavy (non-hydrogen) atoms. The number of rotatable bonds is 5. The first-order valence-electron chi connectivity index (χ1n) is 8.86. The third-order valence-corrected chi connectivity index (χ3v) is 5.22. The Bertz CT molecular complexity index is 411. The van der Waals surface area contributed by atoms with E-state index in [2.05, 4.69) is 47.5 Å². The van der Waals surface area contributed by atoms with E-state index in [1.807, 2.05) is 0 Å². The molecule has 2 nitrogen and oxygen atoms in total. The zero-order valence-corrected chi connectivity index (χ0v) is 13.4. The summed E-state index contributed by atoms with van der Waals surface area (Å²) in [5, 5.41) is 3.95. The first-order valence-corrected chi connectivity index (χ1v) is 8.86. The Hall–Kier alpha value is -0.860. The van der Waals surface area contributed by atoms with E-state index in [-0.39, 0.29) is 0 Å². The van der Waals surface area contributed by atoms with Gasteiger partial charge in [0.05, 0.1) is 0 Å². The van der Waals surface area contributed by atoms with Crippen molar-refractivity contribution in [1.82, 2.24) is 10.2 Å². The molecule has 2 aliphatic rings. The summed E-state index contributed by atoms with van der Waals surface area (Å²) in [5.74, 6) is 0.709. The third kappa shape index (κ3) is 4.08. The molecule has 0 aromatic heterocycles. The van der Waals surface area contributed by atoms with Crippen molar-refractivity contribution in [2.45, 2.75) is 63.5 Å². The number of nitrogens with zero attached hydrogens (tertiary/aromatic N) is 1. The van der Waals surface area contributed by atoms with Gasteiger partial charge in [-0.3, -0.25) is 0 Å². The lowest BCUT2D eigenvalue weighted by atomic mass is 9.79. The second-order valence-electron chi connectivity index (χ2n) is 6.98. The highest BCUT2D eigenvalue weighted by Crippen LogP contribution is 2.33. The van der Waals surface area contributed by atoms with E-state index < -0.39 is 0 Å². The number of hydrogen-bond donors (Lipinski definition) is 1. The maximum absolute atomic E-state index is 3.95. The van der Waals surface area contributed by atoms with Crippen LogP contribution in [0.3, 0.4) is 0 Å². The first-order chi connectivity index (χ1) is 10.3. The lowest BCUT2D eigenvalue weighted by Gasteiger charge is -2.35. The maximum Gasteiger partial charge on any atom is 0.0169 e. The van der Waals surface area contributed by atoms with Crippen LogP contribution in [-0.4, -0.2) is 36.6 Å². The molecule has 0 radical (unpaired) electrons. The van der Waals surface area contributed by atoms with Crippen LogP contribution in [0, 0.1) is 0 Å². The van der Waals surface area contributed by atoms with Crippen LogP contribution in [0.4, 0.5) is 0 Å². The molecule has 2 fully saturated rings. The van der Waals surface area contributed by atoms with Crippen LogP contribution in [0.15, 0.2) is 30.3 Å². The molecule has 1 N–H and O–H groups in total. The largest absolute Gasteiger partial charge is 0.310 e. The summed E-state index contributed by atoms with van der Waals surface area (Å²) in [7, 11) is 0. The average molecular weight is 286 g/mol. The van der Waals surface area contributed by atoms with Crippen LogP contribution in [-0.2, 0) is 0 Å². The minimum Gasteiger partial charge on any atom is -0.310 e. The summed E-state index contributed by atoms with van der Waals surface area (Å²) in [6.07, 6.45) is 8.24. The van der Waals surface area contributed by atoms with Gasteiger partial charge in [0.25, 0.3) is 0 Å². The van der Waals surface area contributed by atoms with Crippen LogP contribution in [0.1, 0.15) is 56.9 Å². The first kappa shape index (κ1) is 15.1. The molecule has 1 heterocycles. The molecule has 3 atom stereocenters. The Morgan fingerprint density at radius 3 is 2.52 bits per heavy atom. The van der Waals surface area contributed by atoms with Crippen molar-refractivity contribution in [3.8, 4) is 0 Å². The Balaban J connectivity index is 1.58. The molecule has 1 saturated heterocycles. The molecule has 1 aliphatic carbocycles. The number of benzene rings is 1. The van der Waals surface area contributed by atoms with Crippen molar-refractivity contribution in [2.75, 3.05) is 19.6 Å². The van der Waals surface area contributed by atoms with E-state index in [9.17, 15) is 0 Å². The smallest absolute Gasteiger partial charge is 0.0169 e. The van der Waals surface area contributed by atoms with Gasteiger partial charge in [-0.2, -0.15) is 0 Å². The Labute approximate surface area is 129 Å². The second-order valence-corrected chi connectivity index (χ2v) is 6.98. The van der Waals surface area contributed by atoms with Gasteiger partial charge < -0.3 is 10.2 Å². The molecule has 0 spiro atoms. The van der Waals surface area contributed by atoms with Gasteiger partial charge in [0.15, 0.2) is 0 Å². The summed E-state index contributed by atoms with van der Waals surface area (Å²) in [4.78, 5) is 2.62. The minimum absolute atomic E-state index is 0.609. The van der Waals surface area contributed by atoms with Crippen molar-refractivity contribution in [3.05, 3.63) is 35.9 Å². The van der Waals surface area contributed by atoms with Crippen molar-refractivity contribution >= 4 is 0 Å². The van der Waals surface area contributed by atoms with E-state index in [0.29, 0.717) is 18.0 Å². The van der Waals surface area contributed by atoms with E-state index in [1.54, 1.807) is 0 Å². The summed E-state index contributed by atoms with van der Waals surface area (Å²) < 4.78 is 0. The molecule has 1 saturated carbocycles. The van der Waals surface area contributed by atoms with Crippen molar-refractivity contribution in [1.29, 1.82) is 0 Å². The Morgan fingerprint density at radius 2 is 1.76 bits per heavy atom. The molecule has 1 aliphatic heterocycles. The predicted molar refractivity (Wildman–Crippen MR) is 89.7 cm³/mol. The van der Waals surface area contributed by atoms with Crippen LogP contribution in [0.2, 0.25) is 0 Å².